The third kappa shape index (κ3) is 3.29. The average molecular weight is 418 g/mol. The number of hydrogen-bond donors (Lipinski definition) is 3. The predicted molar refractivity (Wildman–Crippen MR) is 106 cm³/mol. The van der Waals surface area contributed by atoms with Gasteiger partial charge in [0.05, 0.1) is 22.3 Å². The van der Waals surface area contributed by atoms with Crippen LogP contribution in [0.2, 0.25) is 0 Å². The molecule has 4 rings (SSSR count). The number of esters is 1. The minimum Gasteiger partial charge on any atom is -0.507 e. The number of carboxylic acid groups (broad SMARTS) is 1. The van der Waals surface area contributed by atoms with Crippen molar-refractivity contribution in [3.63, 3.8) is 0 Å². The van der Waals surface area contributed by atoms with Gasteiger partial charge in [0.15, 0.2) is 5.78 Å². The van der Waals surface area contributed by atoms with E-state index < -0.39 is 29.3 Å². The van der Waals surface area contributed by atoms with Crippen LogP contribution in [0.1, 0.15) is 58.1 Å². The fourth-order valence-corrected chi connectivity index (χ4v) is 3.50. The Labute approximate surface area is 175 Å². The van der Waals surface area contributed by atoms with Crippen LogP contribution in [0.3, 0.4) is 0 Å². The Morgan fingerprint density at radius 3 is 2.16 bits per heavy atom. The topological polar surface area (TPSA) is 138 Å². The molecule has 0 fully saturated rings. The van der Waals surface area contributed by atoms with Gasteiger partial charge in [-0.25, -0.2) is 9.59 Å². The molecule has 31 heavy (non-hydrogen) atoms. The average Bonchev–Trinajstić information content (AvgIpc) is 2.75. The number of benzene rings is 3. The van der Waals surface area contributed by atoms with Crippen LogP contribution in [0.25, 0.3) is 0 Å². The molecule has 0 atom stereocenters. The standard InChI is InChI=1S/C23H14O8/c24-16-7-3-6-14-18(16)21(27)19-15(20(14)26)8-11(9-17(19)25)10-31-23(30)13-5-2-1-4-12(13)22(28)29/h1-9,24-25H,10H2,(H,28,29). The van der Waals surface area contributed by atoms with E-state index in [0.717, 1.165) is 0 Å². The summed E-state index contributed by atoms with van der Waals surface area (Å²) >= 11 is 0. The van der Waals surface area contributed by atoms with E-state index in [1.54, 1.807) is 0 Å². The summed E-state index contributed by atoms with van der Waals surface area (Å²) in [6.07, 6.45) is 0. The minimum atomic E-state index is -1.29. The van der Waals surface area contributed by atoms with Crippen molar-refractivity contribution in [3.05, 3.63) is 93.5 Å². The van der Waals surface area contributed by atoms with Crippen molar-refractivity contribution < 1.29 is 39.2 Å². The highest BCUT2D eigenvalue weighted by molar-refractivity contribution is 6.30. The molecule has 0 aliphatic heterocycles. The quantitative estimate of drug-likeness (QED) is 0.430. The van der Waals surface area contributed by atoms with E-state index in [-0.39, 0.29) is 51.3 Å². The Morgan fingerprint density at radius 1 is 0.774 bits per heavy atom. The minimum absolute atomic E-state index is 0.00132. The molecule has 0 unspecified atom stereocenters. The number of phenols is 2. The second kappa shape index (κ2) is 7.42. The van der Waals surface area contributed by atoms with Gasteiger partial charge in [0.25, 0.3) is 0 Å². The molecule has 0 heterocycles. The molecule has 0 saturated heterocycles. The van der Waals surface area contributed by atoms with E-state index in [1.165, 1.54) is 54.6 Å². The Balaban J connectivity index is 1.65. The highest BCUT2D eigenvalue weighted by Gasteiger charge is 2.34. The van der Waals surface area contributed by atoms with Crippen molar-refractivity contribution in [1.29, 1.82) is 0 Å². The van der Waals surface area contributed by atoms with Crippen molar-refractivity contribution in [1.82, 2.24) is 0 Å². The zero-order chi connectivity index (χ0) is 22.3. The first-order valence-corrected chi connectivity index (χ1v) is 9.06. The van der Waals surface area contributed by atoms with Crippen molar-refractivity contribution in [3.8, 4) is 11.5 Å². The molecule has 0 amide bonds. The third-order valence-corrected chi connectivity index (χ3v) is 4.91. The zero-order valence-corrected chi connectivity index (χ0v) is 15.8. The molecule has 0 saturated carbocycles. The molecule has 0 spiro atoms. The molecule has 8 heteroatoms. The molecule has 0 aromatic heterocycles. The first-order chi connectivity index (χ1) is 14.8. The second-order valence-corrected chi connectivity index (χ2v) is 6.82. The number of hydrogen-bond acceptors (Lipinski definition) is 7. The van der Waals surface area contributed by atoms with E-state index in [2.05, 4.69) is 0 Å². The van der Waals surface area contributed by atoms with Crippen LogP contribution in [-0.2, 0) is 11.3 Å². The summed E-state index contributed by atoms with van der Waals surface area (Å²) in [4.78, 5) is 49.2. The van der Waals surface area contributed by atoms with Crippen LogP contribution in [0.15, 0.2) is 54.6 Å². The van der Waals surface area contributed by atoms with Gasteiger partial charge in [-0.2, -0.15) is 0 Å². The number of ketones is 2. The summed E-state index contributed by atoms with van der Waals surface area (Å²) < 4.78 is 5.15. The Hall–Kier alpha value is -4.46. The maximum Gasteiger partial charge on any atom is 0.339 e. The highest BCUT2D eigenvalue weighted by Crippen LogP contribution is 2.37. The van der Waals surface area contributed by atoms with Gasteiger partial charge in [-0.3, -0.25) is 9.59 Å². The monoisotopic (exact) mass is 418 g/mol. The first kappa shape index (κ1) is 19.8. The Morgan fingerprint density at radius 2 is 1.45 bits per heavy atom. The van der Waals surface area contributed by atoms with Gasteiger partial charge < -0.3 is 20.1 Å². The first-order valence-electron chi connectivity index (χ1n) is 9.06. The van der Waals surface area contributed by atoms with E-state index in [1.807, 2.05) is 0 Å². The number of aromatic carboxylic acids is 1. The number of carbonyl (C=O) groups excluding carboxylic acids is 3. The summed E-state index contributed by atoms with van der Waals surface area (Å²) in [5.41, 5.74) is -0.653. The maximum atomic E-state index is 12.8. The molecule has 1 aliphatic carbocycles. The predicted octanol–water partition coefficient (Wildman–Crippen LogP) is 2.93. The molecule has 8 nitrogen and oxygen atoms in total. The number of carbonyl (C=O) groups is 4. The van der Waals surface area contributed by atoms with Gasteiger partial charge in [-0.05, 0) is 35.9 Å². The van der Waals surface area contributed by atoms with Crippen molar-refractivity contribution in [2.24, 2.45) is 0 Å². The largest absolute Gasteiger partial charge is 0.507 e. The summed E-state index contributed by atoms with van der Waals surface area (Å²) in [7, 11) is 0. The zero-order valence-electron chi connectivity index (χ0n) is 15.8. The van der Waals surface area contributed by atoms with E-state index in [4.69, 9.17) is 4.74 Å². The van der Waals surface area contributed by atoms with Crippen LogP contribution in [0, 0.1) is 0 Å². The summed E-state index contributed by atoms with van der Waals surface area (Å²) in [5.74, 6) is -4.31. The van der Waals surface area contributed by atoms with Gasteiger partial charge in [-0.15, -0.1) is 0 Å². The maximum absolute atomic E-state index is 12.8. The molecule has 3 N–H and O–H groups in total. The molecule has 0 radical (unpaired) electrons. The Bertz CT molecular complexity index is 1290. The number of rotatable bonds is 4. The van der Waals surface area contributed by atoms with Crippen molar-refractivity contribution in [2.75, 3.05) is 0 Å². The fourth-order valence-electron chi connectivity index (χ4n) is 3.50. The van der Waals surface area contributed by atoms with Crippen LogP contribution in [0.5, 0.6) is 11.5 Å². The fraction of sp³-hybridized carbons (Fsp3) is 0.0435. The third-order valence-electron chi connectivity index (χ3n) is 4.91. The molecular formula is C23H14O8. The molecular weight excluding hydrogens is 404 g/mol. The SMILES string of the molecule is O=C(O)c1ccccc1C(=O)OCc1cc(O)c2c(c1)C(=O)c1cccc(O)c1C2=O. The van der Waals surface area contributed by atoms with Crippen LogP contribution in [-0.4, -0.2) is 38.8 Å². The molecule has 3 aromatic carbocycles. The second-order valence-electron chi connectivity index (χ2n) is 6.82. The molecule has 0 bridgehead atoms. The van der Waals surface area contributed by atoms with Gasteiger partial charge in [0, 0.05) is 11.1 Å². The lowest BCUT2D eigenvalue weighted by Crippen LogP contribution is -2.21. The number of aromatic hydroxyl groups is 2. The number of phenolic OH excluding ortho intramolecular Hbond substituents is 2. The molecule has 1 aliphatic rings. The van der Waals surface area contributed by atoms with Crippen LogP contribution >= 0.6 is 0 Å². The molecule has 154 valence electrons. The van der Waals surface area contributed by atoms with Crippen molar-refractivity contribution in [2.45, 2.75) is 6.61 Å². The summed E-state index contributed by atoms with van der Waals surface area (Å²) in [6.45, 7) is -0.373. The smallest absolute Gasteiger partial charge is 0.339 e. The van der Waals surface area contributed by atoms with Crippen LogP contribution in [0.4, 0.5) is 0 Å². The van der Waals surface area contributed by atoms with E-state index in [9.17, 15) is 34.5 Å². The lowest BCUT2D eigenvalue weighted by molar-refractivity contribution is 0.0463. The van der Waals surface area contributed by atoms with E-state index in [0.29, 0.717) is 0 Å². The van der Waals surface area contributed by atoms with Gasteiger partial charge in [0.1, 0.15) is 18.1 Å². The molecule has 3 aromatic rings. The van der Waals surface area contributed by atoms with E-state index >= 15 is 0 Å². The van der Waals surface area contributed by atoms with Gasteiger partial charge >= 0.3 is 11.9 Å². The summed E-state index contributed by atoms with van der Waals surface area (Å²) in [6, 6.07) is 12.1. The lowest BCUT2D eigenvalue weighted by Gasteiger charge is -2.20. The normalized spacial score (nSPS) is 12.1. The van der Waals surface area contributed by atoms with Gasteiger partial charge in [-0.1, -0.05) is 24.3 Å². The highest BCUT2D eigenvalue weighted by atomic mass is 16.5. The summed E-state index contributed by atoms with van der Waals surface area (Å²) in [5, 5.41) is 29.5. The number of ether oxygens (including phenoxy) is 1. The van der Waals surface area contributed by atoms with Gasteiger partial charge in [0.2, 0.25) is 5.78 Å². The van der Waals surface area contributed by atoms with Crippen LogP contribution < -0.4 is 0 Å². The number of carboxylic acids is 1. The van der Waals surface area contributed by atoms with Crippen molar-refractivity contribution >= 4 is 23.5 Å². The number of fused-ring (bicyclic) bond motifs is 2. The Kier molecular flexibility index (Phi) is 4.75. The lowest BCUT2D eigenvalue weighted by atomic mass is 9.82.